The average Bonchev–Trinajstić information content (AvgIpc) is 1.68. The normalized spacial score (nSPS) is 16.7. The zero-order valence-electron chi connectivity index (χ0n) is 63.3. The summed E-state index contributed by atoms with van der Waals surface area (Å²) in [6.45, 7) is 15.3. The number of carboxylic acid groups (broad SMARTS) is 2. The molecule has 5 aliphatic rings. The van der Waals surface area contributed by atoms with Gasteiger partial charge in [0.05, 0.1) is 60.2 Å². The van der Waals surface area contributed by atoms with Crippen LogP contribution in [0.2, 0.25) is 0 Å². The van der Waals surface area contributed by atoms with E-state index in [2.05, 4.69) is 160 Å². The van der Waals surface area contributed by atoms with Crippen molar-refractivity contribution >= 4 is 44.8 Å². The van der Waals surface area contributed by atoms with Crippen LogP contribution in [0.25, 0.3) is 32.9 Å². The minimum absolute atomic E-state index is 0.0361. The lowest BCUT2D eigenvalue weighted by Gasteiger charge is -2.32. The molecule has 5 fully saturated rings. The van der Waals surface area contributed by atoms with Crippen molar-refractivity contribution < 1.29 is 66.5 Å². The quantitative estimate of drug-likeness (QED) is 0.0354. The minimum atomic E-state index is -1.26. The van der Waals surface area contributed by atoms with Gasteiger partial charge >= 0.3 is 11.9 Å². The Morgan fingerprint density at radius 1 is 0.439 bits per heavy atom. The van der Waals surface area contributed by atoms with Crippen LogP contribution in [-0.4, -0.2) is 196 Å². The van der Waals surface area contributed by atoms with Crippen LogP contribution in [0.5, 0.6) is 17.2 Å². The predicted octanol–water partition coefficient (Wildman–Crippen LogP) is 13.1. The lowest BCUT2D eigenvalue weighted by atomic mass is 9.91. The van der Waals surface area contributed by atoms with Gasteiger partial charge in [-0.2, -0.15) is 0 Å². The van der Waals surface area contributed by atoms with Crippen LogP contribution in [0, 0.1) is 17.8 Å². The molecule has 9 aromatic rings. The molecule has 574 valence electrons. The SMILES string of the molecule is CN(C)Cc1c(OCc2ccccc2)ccc2c(CCC3CCN(CC4OCCO4)CC3)noc12.CN(C)Cc1c(OCc2ccccc2)ccc2c(CCC3CCN(CC4OCCO4)CC3)noc12.CN(C)Cc1c(OCc2ccccc2)ccc2c(CCC3CCNCC3)noc12.O=C(O)/C=C/C(=O)O. The summed E-state index contributed by atoms with van der Waals surface area (Å²) in [5, 5.41) is 35.9. The number of carboxylic acids is 2. The van der Waals surface area contributed by atoms with E-state index in [9.17, 15) is 9.59 Å². The van der Waals surface area contributed by atoms with Gasteiger partial charge in [-0.1, -0.05) is 106 Å². The molecule has 107 heavy (non-hydrogen) atoms. The number of aliphatic carboxylic acids is 2. The van der Waals surface area contributed by atoms with Crippen molar-refractivity contribution in [3.8, 4) is 17.2 Å². The molecule has 8 heterocycles. The first-order chi connectivity index (χ1) is 52.1. The number of aryl methyl sites for hydroxylation is 3. The zero-order chi connectivity index (χ0) is 74.7. The third-order valence-electron chi connectivity index (χ3n) is 20.3. The molecular formula is C84H109N9O14. The second-order valence-corrected chi connectivity index (χ2v) is 29.3. The molecule has 0 unspecified atom stereocenters. The Morgan fingerprint density at radius 2 is 0.738 bits per heavy atom. The van der Waals surface area contributed by atoms with Crippen LogP contribution in [0.15, 0.2) is 153 Å². The fraction of sp³-hybridized carbons (Fsp3) is 0.488. The van der Waals surface area contributed by atoms with Gasteiger partial charge in [-0.05, 0) is 229 Å². The highest BCUT2D eigenvalue weighted by molar-refractivity contribution is 5.90. The van der Waals surface area contributed by atoms with E-state index < -0.39 is 11.9 Å². The Labute approximate surface area is 628 Å². The number of hydrogen-bond acceptors (Lipinski definition) is 21. The summed E-state index contributed by atoms with van der Waals surface area (Å²) in [5.41, 5.74) is 12.4. The Bertz CT molecular complexity index is 3980. The Balaban J connectivity index is 0.000000153. The van der Waals surface area contributed by atoms with Crippen molar-refractivity contribution in [2.45, 2.75) is 129 Å². The molecule has 0 bridgehead atoms. The van der Waals surface area contributed by atoms with Gasteiger partial charge in [-0.3, -0.25) is 9.80 Å². The summed E-state index contributed by atoms with van der Waals surface area (Å²) < 4.78 is 58.7. The number of carbonyl (C=O) groups is 2. The number of piperidine rings is 3. The number of hydrogen-bond donors (Lipinski definition) is 3. The largest absolute Gasteiger partial charge is 0.488 e. The highest BCUT2D eigenvalue weighted by Crippen LogP contribution is 2.37. The van der Waals surface area contributed by atoms with Gasteiger partial charge in [-0.15, -0.1) is 0 Å². The maximum atomic E-state index is 9.55. The molecule has 5 saturated heterocycles. The molecule has 14 rings (SSSR count). The number of likely N-dealkylation sites (tertiary alicyclic amines) is 2. The first-order valence-electron chi connectivity index (χ1n) is 38.0. The molecule has 5 aliphatic heterocycles. The summed E-state index contributed by atoms with van der Waals surface area (Å²) in [4.78, 5) is 30.5. The molecule has 0 radical (unpaired) electrons. The summed E-state index contributed by atoms with van der Waals surface area (Å²) >= 11 is 0. The smallest absolute Gasteiger partial charge is 0.328 e. The maximum Gasteiger partial charge on any atom is 0.328 e. The topological polar surface area (TPSA) is 246 Å². The van der Waals surface area contributed by atoms with E-state index in [1.54, 1.807) is 0 Å². The summed E-state index contributed by atoms with van der Waals surface area (Å²) in [6.07, 6.45) is 14.7. The van der Waals surface area contributed by atoms with Crippen molar-refractivity contribution in [2.24, 2.45) is 17.8 Å². The van der Waals surface area contributed by atoms with Gasteiger partial charge in [0.25, 0.3) is 0 Å². The third kappa shape index (κ3) is 24.5. The number of ether oxygens (including phenoxy) is 7. The van der Waals surface area contributed by atoms with Crippen LogP contribution in [0.1, 0.15) is 108 Å². The van der Waals surface area contributed by atoms with Crippen LogP contribution in [0.3, 0.4) is 0 Å². The molecule has 3 N–H and O–H groups in total. The lowest BCUT2D eigenvalue weighted by Crippen LogP contribution is -2.39. The molecule has 3 aromatic heterocycles. The van der Waals surface area contributed by atoms with Gasteiger partial charge in [0.15, 0.2) is 29.3 Å². The van der Waals surface area contributed by atoms with Crippen molar-refractivity contribution in [1.29, 1.82) is 0 Å². The van der Waals surface area contributed by atoms with Crippen LogP contribution in [0.4, 0.5) is 0 Å². The van der Waals surface area contributed by atoms with E-state index in [-0.39, 0.29) is 12.6 Å². The number of benzene rings is 6. The van der Waals surface area contributed by atoms with Gasteiger partial charge in [-0.25, -0.2) is 9.59 Å². The van der Waals surface area contributed by atoms with Crippen LogP contribution < -0.4 is 19.5 Å². The predicted molar refractivity (Wildman–Crippen MR) is 411 cm³/mol. The fourth-order valence-corrected chi connectivity index (χ4v) is 14.5. The highest BCUT2D eigenvalue weighted by Gasteiger charge is 2.29. The molecule has 6 aromatic carbocycles. The first kappa shape index (κ1) is 79.5. The molecule has 0 amide bonds. The Hall–Kier alpha value is -8.59. The van der Waals surface area contributed by atoms with Crippen molar-refractivity contribution in [3.63, 3.8) is 0 Å². The second-order valence-electron chi connectivity index (χ2n) is 29.3. The third-order valence-corrected chi connectivity index (χ3v) is 20.3. The fourth-order valence-electron chi connectivity index (χ4n) is 14.5. The van der Waals surface area contributed by atoms with Crippen LogP contribution >= 0.6 is 0 Å². The first-order valence-corrected chi connectivity index (χ1v) is 38.0. The number of nitrogens with zero attached hydrogens (tertiary/aromatic N) is 8. The second kappa shape index (κ2) is 41.1. The summed E-state index contributed by atoms with van der Waals surface area (Å²) in [7, 11) is 12.4. The van der Waals surface area contributed by atoms with E-state index in [0.29, 0.717) is 32.0 Å². The van der Waals surface area contributed by atoms with E-state index >= 15 is 0 Å². The standard InChI is InChI=1S/2C28H37N3O4.C24H31N3O2.C4H4O4/c2*1-30(2)18-24-26(34-20-22-6-4-3-5-7-22)11-9-23-25(29-35-28(23)24)10-8-21-12-14-31(15-13-21)19-27-32-16-17-33-27;1-27(2)16-21-23(28-17-19-6-4-3-5-7-19)11-9-20-22(26-29-24(20)21)10-8-18-12-14-25-15-13-18;5-3(6)1-2-4(7)8/h2*3-7,9,11,21,27H,8,10,12-20H2,1-2H3;3-7,9,11,18,25H,8,10,12-17H2,1-2H3;1-2H,(H,5,6)(H,7,8)/b;;;2-1+. The van der Waals surface area contributed by atoms with Gasteiger partial charge in [0.1, 0.15) is 37.1 Å². The van der Waals surface area contributed by atoms with E-state index in [1.807, 2.05) is 54.6 Å². The lowest BCUT2D eigenvalue weighted by molar-refractivity contribution is -0.134. The molecule has 0 aliphatic carbocycles. The van der Waals surface area contributed by atoms with Crippen molar-refractivity contribution in [3.05, 3.63) is 190 Å². The average molecular weight is 1470 g/mol. The maximum absolute atomic E-state index is 9.55. The minimum Gasteiger partial charge on any atom is -0.488 e. The summed E-state index contributed by atoms with van der Waals surface area (Å²) in [6, 6.07) is 43.3. The number of aromatic nitrogens is 3. The van der Waals surface area contributed by atoms with Crippen LogP contribution in [-0.2, 0) is 87.3 Å². The molecule has 23 nitrogen and oxygen atoms in total. The summed E-state index contributed by atoms with van der Waals surface area (Å²) in [5.74, 6) is 2.31. The highest BCUT2D eigenvalue weighted by atomic mass is 16.7. The van der Waals surface area contributed by atoms with Gasteiger partial charge < -0.3 is 77.0 Å². The van der Waals surface area contributed by atoms with Gasteiger partial charge in [0.2, 0.25) is 0 Å². The molecule has 0 saturated carbocycles. The Morgan fingerprint density at radius 3 is 1.03 bits per heavy atom. The molecule has 23 heteroatoms. The zero-order valence-corrected chi connectivity index (χ0v) is 63.3. The number of nitrogens with one attached hydrogen (secondary N) is 1. The van der Waals surface area contributed by atoms with Crippen molar-refractivity contribution in [2.75, 3.05) is 121 Å². The van der Waals surface area contributed by atoms with Crippen molar-refractivity contribution in [1.82, 2.24) is 45.3 Å². The van der Waals surface area contributed by atoms with E-state index in [1.165, 1.54) is 44.9 Å². The number of rotatable bonds is 30. The molecule has 0 spiro atoms. The van der Waals surface area contributed by atoms with E-state index in [0.717, 1.165) is 249 Å². The van der Waals surface area contributed by atoms with E-state index in [4.69, 9.17) is 56.9 Å². The number of fused-ring (bicyclic) bond motifs is 3. The molecule has 0 atom stereocenters. The Kier molecular flexibility index (Phi) is 30.5. The monoisotopic (exact) mass is 1470 g/mol. The molecular weight excluding hydrogens is 1360 g/mol. The van der Waals surface area contributed by atoms with Gasteiger partial charge in [0, 0.05) is 61.0 Å².